The normalized spacial score (nSPS) is 11.8. The minimum Gasteiger partial charge on any atom is -0.321 e. The summed E-state index contributed by atoms with van der Waals surface area (Å²) in [5.41, 5.74) is -0.676. The van der Waals surface area contributed by atoms with Crippen molar-refractivity contribution in [3.63, 3.8) is 0 Å². The fourth-order valence-electron chi connectivity index (χ4n) is 1.88. The SMILES string of the molecule is Cc1nn2cc(C(=O)Nc3cccc(C(F)(F)F)c3)nc2s1. The highest BCUT2D eigenvalue weighted by Crippen LogP contribution is 2.30. The molecule has 9 heteroatoms. The van der Waals surface area contributed by atoms with Crippen molar-refractivity contribution in [3.05, 3.63) is 46.7 Å². The van der Waals surface area contributed by atoms with Crippen molar-refractivity contribution < 1.29 is 18.0 Å². The number of benzene rings is 1. The highest BCUT2D eigenvalue weighted by atomic mass is 32.1. The van der Waals surface area contributed by atoms with Gasteiger partial charge in [0.25, 0.3) is 5.91 Å². The number of aromatic nitrogens is 3. The number of halogens is 3. The Hall–Kier alpha value is -2.42. The van der Waals surface area contributed by atoms with Gasteiger partial charge in [0.2, 0.25) is 4.96 Å². The van der Waals surface area contributed by atoms with E-state index in [-0.39, 0.29) is 11.4 Å². The molecule has 3 rings (SSSR count). The van der Waals surface area contributed by atoms with Gasteiger partial charge in [0.05, 0.1) is 11.8 Å². The zero-order valence-corrected chi connectivity index (χ0v) is 12.0. The second-order valence-corrected chi connectivity index (χ2v) is 5.67. The molecule has 3 aromatic rings. The van der Waals surface area contributed by atoms with E-state index in [0.717, 1.165) is 17.1 Å². The number of aryl methyl sites for hydroxylation is 1. The first-order valence-electron chi connectivity index (χ1n) is 6.14. The average molecular weight is 326 g/mol. The molecule has 0 saturated carbocycles. The number of hydrogen-bond donors (Lipinski definition) is 1. The lowest BCUT2D eigenvalue weighted by Gasteiger charge is -2.09. The Morgan fingerprint density at radius 3 is 2.82 bits per heavy atom. The van der Waals surface area contributed by atoms with Gasteiger partial charge in [0.1, 0.15) is 10.7 Å². The van der Waals surface area contributed by atoms with Gasteiger partial charge >= 0.3 is 6.18 Å². The Morgan fingerprint density at radius 2 is 2.14 bits per heavy atom. The number of nitrogens with one attached hydrogen (secondary N) is 1. The lowest BCUT2D eigenvalue weighted by atomic mass is 10.2. The molecule has 2 heterocycles. The van der Waals surface area contributed by atoms with Gasteiger partial charge in [0, 0.05) is 5.69 Å². The summed E-state index contributed by atoms with van der Waals surface area (Å²) in [7, 11) is 0. The maximum Gasteiger partial charge on any atom is 0.416 e. The molecule has 0 spiro atoms. The van der Waals surface area contributed by atoms with Crippen molar-refractivity contribution in [1.82, 2.24) is 14.6 Å². The van der Waals surface area contributed by atoms with Gasteiger partial charge in [-0.05, 0) is 25.1 Å². The zero-order chi connectivity index (χ0) is 15.9. The van der Waals surface area contributed by atoms with Crippen LogP contribution in [0.4, 0.5) is 18.9 Å². The predicted molar refractivity (Wildman–Crippen MR) is 75.0 cm³/mol. The van der Waals surface area contributed by atoms with E-state index in [9.17, 15) is 18.0 Å². The van der Waals surface area contributed by atoms with Crippen LogP contribution in [0.5, 0.6) is 0 Å². The first kappa shape index (κ1) is 14.5. The standard InChI is InChI=1S/C13H9F3N4OS/c1-7-19-20-6-10(18-12(20)22-7)11(21)17-9-4-2-3-8(5-9)13(14,15)16/h2-6H,1H3,(H,17,21). The number of imidazole rings is 1. The summed E-state index contributed by atoms with van der Waals surface area (Å²) in [6.07, 6.45) is -3.03. The minimum atomic E-state index is -4.46. The van der Waals surface area contributed by atoms with Crippen LogP contribution in [0, 0.1) is 6.92 Å². The summed E-state index contributed by atoms with van der Waals surface area (Å²) in [6.45, 7) is 1.81. The molecule has 1 aromatic carbocycles. The number of carbonyl (C=O) groups is 1. The molecular weight excluding hydrogens is 317 g/mol. The van der Waals surface area contributed by atoms with Crippen molar-refractivity contribution in [2.75, 3.05) is 5.32 Å². The molecule has 0 unspecified atom stereocenters. The Labute approximate surface area is 126 Å². The zero-order valence-electron chi connectivity index (χ0n) is 11.2. The lowest BCUT2D eigenvalue weighted by molar-refractivity contribution is -0.137. The van der Waals surface area contributed by atoms with E-state index in [1.165, 1.54) is 34.2 Å². The number of nitrogens with zero attached hydrogens (tertiary/aromatic N) is 3. The van der Waals surface area contributed by atoms with Crippen molar-refractivity contribution in [1.29, 1.82) is 0 Å². The van der Waals surface area contributed by atoms with Gasteiger partial charge in [-0.3, -0.25) is 4.79 Å². The van der Waals surface area contributed by atoms with E-state index in [1.807, 2.05) is 6.92 Å². The molecule has 0 aliphatic heterocycles. The topological polar surface area (TPSA) is 59.3 Å². The first-order chi connectivity index (χ1) is 10.3. The van der Waals surface area contributed by atoms with E-state index in [2.05, 4.69) is 15.4 Å². The van der Waals surface area contributed by atoms with E-state index in [1.54, 1.807) is 0 Å². The molecule has 0 aliphatic rings. The van der Waals surface area contributed by atoms with E-state index >= 15 is 0 Å². The number of alkyl halides is 3. The van der Waals surface area contributed by atoms with E-state index in [4.69, 9.17) is 0 Å². The van der Waals surface area contributed by atoms with Crippen molar-refractivity contribution >= 4 is 27.9 Å². The summed E-state index contributed by atoms with van der Waals surface area (Å²) in [4.78, 5) is 16.7. The van der Waals surface area contributed by atoms with E-state index < -0.39 is 17.6 Å². The number of amides is 1. The summed E-state index contributed by atoms with van der Waals surface area (Å²) >= 11 is 1.31. The molecule has 0 saturated heterocycles. The number of carbonyl (C=O) groups excluding carboxylic acids is 1. The van der Waals surface area contributed by atoms with Crippen LogP contribution in [0.25, 0.3) is 4.96 Å². The molecule has 2 aromatic heterocycles. The maximum atomic E-state index is 12.6. The van der Waals surface area contributed by atoms with E-state index in [0.29, 0.717) is 4.96 Å². The van der Waals surface area contributed by atoms with Crippen LogP contribution in [-0.4, -0.2) is 20.5 Å². The van der Waals surface area contributed by atoms with Crippen LogP contribution in [0.15, 0.2) is 30.5 Å². The van der Waals surface area contributed by atoms with Gasteiger partial charge in [-0.25, -0.2) is 9.50 Å². The molecule has 5 nitrogen and oxygen atoms in total. The molecule has 0 bridgehead atoms. The molecule has 0 aliphatic carbocycles. The monoisotopic (exact) mass is 326 g/mol. The summed E-state index contributed by atoms with van der Waals surface area (Å²) < 4.78 is 39.3. The van der Waals surface area contributed by atoms with Crippen LogP contribution >= 0.6 is 11.3 Å². The molecule has 1 N–H and O–H groups in total. The minimum absolute atomic E-state index is 0.0559. The van der Waals surface area contributed by atoms with Crippen LogP contribution in [0.2, 0.25) is 0 Å². The van der Waals surface area contributed by atoms with Crippen LogP contribution in [0.1, 0.15) is 21.1 Å². The third-order valence-corrected chi connectivity index (χ3v) is 3.66. The summed E-state index contributed by atoms with van der Waals surface area (Å²) in [5.74, 6) is -0.588. The Kier molecular flexibility index (Phi) is 3.36. The first-order valence-corrected chi connectivity index (χ1v) is 6.96. The van der Waals surface area contributed by atoms with Gasteiger partial charge < -0.3 is 5.32 Å². The number of anilines is 1. The molecule has 1 amide bonds. The highest BCUT2D eigenvalue weighted by Gasteiger charge is 2.30. The average Bonchev–Trinajstić information content (AvgIpc) is 2.95. The second-order valence-electron chi connectivity index (χ2n) is 4.51. The van der Waals surface area contributed by atoms with Gasteiger partial charge in [-0.2, -0.15) is 18.3 Å². The highest BCUT2D eigenvalue weighted by molar-refractivity contribution is 7.16. The Balaban J connectivity index is 1.83. The maximum absolute atomic E-state index is 12.6. The fraction of sp³-hybridized carbons (Fsp3) is 0.154. The Bertz CT molecular complexity index is 821. The van der Waals surface area contributed by atoms with Crippen molar-refractivity contribution in [2.45, 2.75) is 13.1 Å². The predicted octanol–water partition coefficient (Wildman–Crippen LogP) is 3.37. The van der Waals surface area contributed by atoms with Crippen LogP contribution in [-0.2, 0) is 6.18 Å². The van der Waals surface area contributed by atoms with Crippen LogP contribution < -0.4 is 5.32 Å². The molecule has 0 radical (unpaired) electrons. The number of rotatable bonds is 2. The Morgan fingerprint density at radius 1 is 1.36 bits per heavy atom. The smallest absolute Gasteiger partial charge is 0.321 e. The summed E-state index contributed by atoms with van der Waals surface area (Å²) in [5, 5.41) is 7.31. The third-order valence-electron chi connectivity index (χ3n) is 2.82. The molecule has 0 atom stereocenters. The fourth-order valence-corrected chi connectivity index (χ4v) is 2.60. The lowest BCUT2D eigenvalue weighted by Crippen LogP contribution is -2.13. The number of hydrogen-bond acceptors (Lipinski definition) is 4. The van der Waals surface area contributed by atoms with Gasteiger partial charge in [0.15, 0.2) is 0 Å². The molecule has 114 valence electrons. The van der Waals surface area contributed by atoms with Crippen molar-refractivity contribution in [3.8, 4) is 0 Å². The van der Waals surface area contributed by atoms with Crippen molar-refractivity contribution in [2.24, 2.45) is 0 Å². The van der Waals surface area contributed by atoms with Gasteiger partial charge in [-0.15, -0.1) is 0 Å². The molecule has 0 fully saturated rings. The van der Waals surface area contributed by atoms with Gasteiger partial charge in [-0.1, -0.05) is 17.4 Å². The quantitative estimate of drug-likeness (QED) is 0.785. The number of fused-ring (bicyclic) bond motifs is 1. The molecule has 22 heavy (non-hydrogen) atoms. The second kappa shape index (κ2) is 5.09. The summed E-state index contributed by atoms with van der Waals surface area (Å²) in [6, 6.07) is 4.43. The van der Waals surface area contributed by atoms with Crippen LogP contribution in [0.3, 0.4) is 0 Å². The third kappa shape index (κ3) is 2.80. The molecular formula is C13H9F3N4OS. The largest absolute Gasteiger partial charge is 0.416 e.